The van der Waals surface area contributed by atoms with E-state index >= 15 is 0 Å². The normalized spacial score (nSPS) is 24.9. The van der Waals surface area contributed by atoms with Gasteiger partial charge in [-0.1, -0.05) is 43.6 Å². The topological polar surface area (TPSA) is 62.2 Å². The molecule has 2 aliphatic rings. The first-order valence-corrected chi connectivity index (χ1v) is 14.8. The largest absolute Gasteiger partial charge is 0.497 e. The van der Waals surface area contributed by atoms with Crippen molar-refractivity contribution in [1.29, 1.82) is 0 Å². The number of carbonyl (C=O) groups excluding carboxylic acids is 1. The lowest BCUT2D eigenvalue weighted by Crippen LogP contribution is -2.47. The summed E-state index contributed by atoms with van der Waals surface area (Å²) in [6, 6.07) is 12.9. The second-order valence-corrected chi connectivity index (χ2v) is 12.5. The van der Waals surface area contributed by atoms with Gasteiger partial charge >= 0.3 is 0 Å². The van der Waals surface area contributed by atoms with Crippen LogP contribution in [-0.4, -0.2) is 73.4 Å². The van der Waals surface area contributed by atoms with E-state index in [4.69, 9.17) is 21.1 Å². The van der Waals surface area contributed by atoms with Gasteiger partial charge in [-0.3, -0.25) is 9.69 Å². The zero-order valence-corrected chi connectivity index (χ0v) is 24.8. The number of aliphatic hydroxyl groups excluding tert-OH is 1. The van der Waals surface area contributed by atoms with Crippen molar-refractivity contribution in [1.82, 2.24) is 9.80 Å². The van der Waals surface area contributed by atoms with Gasteiger partial charge in [0.25, 0.3) is 0 Å². The minimum absolute atomic E-state index is 0.103. The predicted octanol–water partition coefficient (Wildman–Crippen LogP) is 5.58. The maximum absolute atomic E-state index is 14.0. The van der Waals surface area contributed by atoms with E-state index in [-0.39, 0.29) is 23.4 Å². The number of amides is 1. The maximum Gasteiger partial charge on any atom is 0.222 e. The molecule has 4 rings (SSSR count). The summed E-state index contributed by atoms with van der Waals surface area (Å²) in [6.07, 6.45) is 3.28. The number of carbonyl (C=O) groups is 1. The number of β-amino-alcohol motifs (C(OH)–C–C–N with tert-alkyl or cyclic N) is 1. The molecule has 0 saturated carbocycles. The molecule has 0 spiro atoms. The Morgan fingerprint density at radius 2 is 1.85 bits per heavy atom. The summed E-state index contributed by atoms with van der Waals surface area (Å²) < 4.78 is 25.3. The Morgan fingerprint density at radius 3 is 2.58 bits per heavy atom. The van der Waals surface area contributed by atoms with Gasteiger partial charge in [-0.15, -0.1) is 0 Å². The van der Waals surface area contributed by atoms with Crippen molar-refractivity contribution < 1.29 is 23.8 Å². The monoisotopic (exact) mass is 574 g/mol. The van der Waals surface area contributed by atoms with Crippen molar-refractivity contribution in [3.63, 3.8) is 0 Å². The van der Waals surface area contributed by atoms with E-state index in [1.807, 2.05) is 49.1 Å². The Bertz CT molecular complexity index is 1110. The number of hydrogen-bond donors (Lipinski definition) is 1. The van der Waals surface area contributed by atoms with E-state index in [2.05, 4.69) is 4.90 Å². The quantitative estimate of drug-likeness (QED) is 0.488. The molecule has 0 aromatic heterocycles. The fourth-order valence-electron chi connectivity index (χ4n) is 5.85. The molecule has 2 aromatic rings. The Labute approximate surface area is 243 Å². The van der Waals surface area contributed by atoms with Crippen LogP contribution in [0.1, 0.15) is 50.7 Å². The first-order chi connectivity index (χ1) is 19.1. The van der Waals surface area contributed by atoms with Gasteiger partial charge in [0.1, 0.15) is 11.6 Å². The lowest BCUT2D eigenvalue weighted by atomic mass is 9.80. The van der Waals surface area contributed by atoms with Gasteiger partial charge < -0.3 is 19.5 Å². The molecule has 2 aromatic carbocycles. The van der Waals surface area contributed by atoms with E-state index in [1.165, 1.54) is 6.07 Å². The van der Waals surface area contributed by atoms with Crippen molar-refractivity contribution in [2.24, 2.45) is 17.3 Å². The van der Waals surface area contributed by atoms with Crippen LogP contribution in [0.4, 0.5) is 4.39 Å². The molecule has 0 unspecified atom stereocenters. The smallest absolute Gasteiger partial charge is 0.222 e. The summed E-state index contributed by atoms with van der Waals surface area (Å²) in [5.74, 6) is 1.13. The van der Waals surface area contributed by atoms with Gasteiger partial charge in [-0.2, -0.15) is 0 Å². The highest BCUT2D eigenvalue weighted by Crippen LogP contribution is 2.33. The van der Waals surface area contributed by atoms with Crippen molar-refractivity contribution >= 4 is 17.5 Å². The Morgan fingerprint density at radius 1 is 1.10 bits per heavy atom. The second-order valence-electron chi connectivity index (χ2n) is 12.1. The highest BCUT2D eigenvalue weighted by Gasteiger charge is 2.35. The third-order valence-electron chi connectivity index (χ3n) is 8.62. The van der Waals surface area contributed by atoms with E-state index in [0.29, 0.717) is 45.1 Å². The van der Waals surface area contributed by atoms with Crippen LogP contribution in [0.5, 0.6) is 5.75 Å². The molecule has 3 atom stereocenters. The van der Waals surface area contributed by atoms with Gasteiger partial charge in [-0.05, 0) is 79.5 Å². The maximum atomic E-state index is 14.0. The van der Waals surface area contributed by atoms with E-state index in [1.54, 1.807) is 13.2 Å². The Kier molecular flexibility index (Phi) is 10.9. The molecule has 2 fully saturated rings. The molecule has 40 heavy (non-hydrogen) atoms. The minimum Gasteiger partial charge on any atom is -0.497 e. The molecule has 6 nitrogen and oxygen atoms in total. The molecule has 2 aliphatic heterocycles. The number of piperidine rings is 1. The number of methoxy groups -OCH3 is 1. The molecule has 2 saturated heterocycles. The average molecular weight is 575 g/mol. The van der Waals surface area contributed by atoms with Crippen molar-refractivity contribution in [2.75, 3.05) is 46.5 Å². The number of ether oxygens (including phenoxy) is 2. The standard InChI is InChI=1S/C32H44ClFN2O4/c1-32(2)22-40-16-4-5-26-20-35(19-24-8-11-28(33)29(34)17-24)14-13-25(26)18-31(38)36(21-30(32)37)15-12-23-6-9-27(39-3)10-7-23/h6-11,17,25-26,30,37H,4-5,12-16,18-22H2,1-3H3/t25-,26-,30-/m0/s1. The number of halogens is 2. The fourth-order valence-corrected chi connectivity index (χ4v) is 5.97. The van der Waals surface area contributed by atoms with Crippen molar-refractivity contribution in [3.05, 3.63) is 64.4 Å². The van der Waals surface area contributed by atoms with E-state index in [0.717, 1.165) is 49.2 Å². The number of rotatable bonds is 6. The lowest BCUT2D eigenvalue weighted by Gasteiger charge is -2.39. The molecule has 0 bridgehead atoms. The summed E-state index contributed by atoms with van der Waals surface area (Å²) in [5.41, 5.74) is 1.56. The Balaban J connectivity index is 1.46. The van der Waals surface area contributed by atoms with E-state index in [9.17, 15) is 14.3 Å². The van der Waals surface area contributed by atoms with Crippen LogP contribution >= 0.6 is 11.6 Å². The average Bonchev–Trinajstić information content (AvgIpc) is 2.94. The first kappa shape index (κ1) is 30.8. The van der Waals surface area contributed by atoms with Crippen LogP contribution in [-0.2, 0) is 22.5 Å². The Hall–Kier alpha value is -2.19. The highest BCUT2D eigenvalue weighted by molar-refractivity contribution is 6.30. The van der Waals surface area contributed by atoms with Crippen LogP contribution in [0.15, 0.2) is 42.5 Å². The summed E-state index contributed by atoms with van der Waals surface area (Å²) in [4.78, 5) is 18.0. The zero-order chi connectivity index (χ0) is 28.7. The molecule has 1 amide bonds. The summed E-state index contributed by atoms with van der Waals surface area (Å²) in [6.45, 7) is 8.30. The van der Waals surface area contributed by atoms with Gasteiger partial charge in [0.05, 0.1) is 24.8 Å². The van der Waals surface area contributed by atoms with Crippen LogP contribution in [0.2, 0.25) is 5.02 Å². The molecule has 220 valence electrons. The number of benzene rings is 2. The molecule has 1 N–H and O–H groups in total. The zero-order valence-electron chi connectivity index (χ0n) is 24.1. The van der Waals surface area contributed by atoms with E-state index < -0.39 is 17.3 Å². The molecular formula is C32H44ClFN2O4. The predicted molar refractivity (Wildman–Crippen MR) is 156 cm³/mol. The van der Waals surface area contributed by atoms with Crippen LogP contribution in [0.3, 0.4) is 0 Å². The molecule has 8 heteroatoms. The number of nitrogens with zero attached hydrogens (tertiary/aromatic N) is 2. The molecule has 2 heterocycles. The summed E-state index contributed by atoms with van der Waals surface area (Å²) in [7, 11) is 1.65. The minimum atomic E-state index is -0.689. The third kappa shape index (κ3) is 8.41. The van der Waals surface area contributed by atoms with Gasteiger partial charge in [-0.25, -0.2) is 4.39 Å². The lowest BCUT2D eigenvalue weighted by molar-refractivity contribution is -0.136. The van der Waals surface area contributed by atoms with Gasteiger partial charge in [0.15, 0.2) is 0 Å². The fraction of sp³-hybridized carbons (Fsp3) is 0.594. The van der Waals surface area contributed by atoms with Crippen LogP contribution in [0, 0.1) is 23.1 Å². The van der Waals surface area contributed by atoms with Crippen molar-refractivity contribution in [2.45, 2.75) is 58.6 Å². The van der Waals surface area contributed by atoms with Gasteiger partial charge in [0.2, 0.25) is 5.91 Å². The van der Waals surface area contributed by atoms with Crippen LogP contribution < -0.4 is 4.74 Å². The number of fused-ring (bicyclic) bond motifs is 1. The summed E-state index contributed by atoms with van der Waals surface area (Å²) in [5, 5.41) is 11.3. The number of likely N-dealkylation sites (tertiary alicyclic amines) is 1. The molecular weight excluding hydrogens is 531 g/mol. The summed E-state index contributed by atoms with van der Waals surface area (Å²) >= 11 is 5.88. The number of hydrogen-bond acceptors (Lipinski definition) is 5. The molecule has 0 aliphatic carbocycles. The second kappa shape index (κ2) is 14.1. The molecule has 0 radical (unpaired) electrons. The van der Waals surface area contributed by atoms with Crippen molar-refractivity contribution in [3.8, 4) is 5.75 Å². The number of aliphatic hydroxyl groups is 1. The highest BCUT2D eigenvalue weighted by atomic mass is 35.5. The SMILES string of the molecule is COc1ccc(CCN2C[C@H](O)C(C)(C)COCCC[C@H]3CN(Cc4ccc(Cl)c(F)c4)CC[C@H]3CC2=O)cc1. The van der Waals surface area contributed by atoms with Crippen LogP contribution in [0.25, 0.3) is 0 Å². The first-order valence-electron chi connectivity index (χ1n) is 14.5. The van der Waals surface area contributed by atoms with Gasteiger partial charge in [0, 0.05) is 44.6 Å². The third-order valence-corrected chi connectivity index (χ3v) is 8.92.